The van der Waals surface area contributed by atoms with Crippen LogP contribution in [0.4, 0.5) is 0 Å². The maximum absolute atomic E-state index is 5.46. The van der Waals surface area contributed by atoms with E-state index in [1.54, 1.807) is 0 Å². The fraction of sp³-hybridized carbons (Fsp3) is 1.00. The van der Waals surface area contributed by atoms with Gasteiger partial charge in [-0.05, 0) is 20.8 Å². The van der Waals surface area contributed by atoms with Crippen molar-refractivity contribution in [2.75, 3.05) is 46.2 Å². The molecule has 0 radical (unpaired) electrons. The summed E-state index contributed by atoms with van der Waals surface area (Å²) in [6.45, 7) is 10.6. The van der Waals surface area contributed by atoms with Crippen LogP contribution in [0, 0.1) is 0 Å². The highest BCUT2D eigenvalue weighted by molar-refractivity contribution is 4.47. The SMILES string of the molecule is CCOCCOCC(C)OCCOCC. The van der Waals surface area contributed by atoms with Crippen molar-refractivity contribution >= 4 is 0 Å². The number of hydrogen-bond acceptors (Lipinski definition) is 4. The van der Waals surface area contributed by atoms with Crippen LogP contribution < -0.4 is 0 Å². The Morgan fingerprint density at radius 1 is 0.800 bits per heavy atom. The molecule has 0 aromatic heterocycles. The predicted molar refractivity (Wildman–Crippen MR) is 59.2 cm³/mol. The van der Waals surface area contributed by atoms with Crippen molar-refractivity contribution in [3.05, 3.63) is 0 Å². The van der Waals surface area contributed by atoms with Crippen molar-refractivity contribution in [3.8, 4) is 0 Å². The fourth-order valence-electron chi connectivity index (χ4n) is 1.01. The van der Waals surface area contributed by atoms with E-state index in [1.807, 2.05) is 20.8 Å². The van der Waals surface area contributed by atoms with E-state index in [2.05, 4.69) is 0 Å². The highest BCUT2D eigenvalue weighted by Crippen LogP contribution is 1.92. The standard InChI is InChI=1S/C11H24O4/c1-4-12-6-7-14-10-11(3)15-9-8-13-5-2/h11H,4-10H2,1-3H3. The first kappa shape index (κ1) is 14.8. The Hall–Kier alpha value is -0.160. The average molecular weight is 220 g/mol. The van der Waals surface area contributed by atoms with Crippen LogP contribution in [0.5, 0.6) is 0 Å². The lowest BCUT2D eigenvalue weighted by molar-refractivity contribution is -0.0381. The second-order valence-electron chi connectivity index (χ2n) is 3.15. The Balaban J connectivity index is 3.08. The second kappa shape index (κ2) is 11.9. The summed E-state index contributed by atoms with van der Waals surface area (Å²) in [6, 6.07) is 0. The lowest BCUT2D eigenvalue weighted by Gasteiger charge is -2.13. The molecule has 0 bridgehead atoms. The molecule has 0 fully saturated rings. The van der Waals surface area contributed by atoms with Crippen LogP contribution in [-0.4, -0.2) is 52.4 Å². The van der Waals surface area contributed by atoms with Crippen LogP contribution >= 0.6 is 0 Å². The zero-order chi connectivity index (χ0) is 11.4. The molecule has 0 aromatic carbocycles. The summed E-state index contributed by atoms with van der Waals surface area (Å²) < 4.78 is 21.1. The van der Waals surface area contributed by atoms with Gasteiger partial charge in [0.05, 0.1) is 39.1 Å². The van der Waals surface area contributed by atoms with Crippen LogP contribution in [0.15, 0.2) is 0 Å². The van der Waals surface area contributed by atoms with E-state index < -0.39 is 0 Å². The summed E-state index contributed by atoms with van der Waals surface area (Å²) in [7, 11) is 0. The van der Waals surface area contributed by atoms with Gasteiger partial charge in [0, 0.05) is 13.2 Å². The quantitative estimate of drug-likeness (QED) is 0.494. The third-order valence-corrected chi connectivity index (χ3v) is 1.76. The topological polar surface area (TPSA) is 36.9 Å². The molecule has 0 saturated carbocycles. The first-order valence-electron chi connectivity index (χ1n) is 5.66. The molecule has 4 nitrogen and oxygen atoms in total. The first-order valence-corrected chi connectivity index (χ1v) is 5.66. The molecule has 0 spiro atoms. The lowest BCUT2D eigenvalue weighted by atomic mass is 10.4. The van der Waals surface area contributed by atoms with E-state index in [9.17, 15) is 0 Å². The van der Waals surface area contributed by atoms with Gasteiger partial charge >= 0.3 is 0 Å². The lowest BCUT2D eigenvalue weighted by Crippen LogP contribution is -2.20. The van der Waals surface area contributed by atoms with Gasteiger partial charge in [-0.3, -0.25) is 0 Å². The minimum atomic E-state index is 0.118. The summed E-state index contributed by atoms with van der Waals surface area (Å²) in [4.78, 5) is 0. The van der Waals surface area contributed by atoms with Gasteiger partial charge in [-0.15, -0.1) is 0 Å². The third-order valence-electron chi connectivity index (χ3n) is 1.76. The molecule has 0 aliphatic heterocycles. The van der Waals surface area contributed by atoms with E-state index in [0.29, 0.717) is 33.0 Å². The van der Waals surface area contributed by atoms with Gasteiger partial charge in [0.1, 0.15) is 0 Å². The van der Waals surface area contributed by atoms with Gasteiger partial charge in [0.15, 0.2) is 0 Å². The van der Waals surface area contributed by atoms with Crippen LogP contribution in [0.1, 0.15) is 20.8 Å². The molecule has 0 aliphatic carbocycles. The van der Waals surface area contributed by atoms with Crippen molar-refractivity contribution in [1.29, 1.82) is 0 Å². The minimum absolute atomic E-state index is 0.118. The molecular weight excluding hydrogens is 196 g/mol. The summed E-state index contributed by atoms with van der Waals surface area (Å²) in [5, 5.41) is 0. The first-order chi connectivity index (χ1) is 7.31. The molecule has 0 aromatic rings. The molecule has 1 atom stereocenters. The van der Waals surface area contributed by atoms with E-state index >= 15 is 0 Å². The van der Waals surface area contributed by atoms with E-state index in [-0.39, 0.29) is 6.10 Å². The minimum Gasteiger partial charge on any atom is -0.379 e. The summed E-state index contributed by atoms with van der Waals surface area (Å²) >= 11 is 0. The van der Waals surface area contributed by atoms with E-state index in [4.69, 9.17) is 18.9 Å². The average Bonchev–Trinajstić information content (AvgIpc) is 2.24. The number of rotatable bonds is 11. The maximum Gasteiger partial charge on any atom is 0.0781 e. The van der Waals surface area contributed by atoms with Crippen LogP contribution in [-0.2, 0) is 18.9 Å². The largest absolute Gasteiger partial charge is 0.379 e. The van der Waals surface area contributed by atoms with E-state index in [1.165, 1.54) is 0 Å². The van der Waals surface area contributed by atoms with Crippen LogP contribution in [0.25, 0.3) is 0 Å². The Bertz CT molecular complexity index is 119. The zero-order valence-electron chi connectivity index (χ0n) is 10.2. The van der Waals surface area contributed by atoms with Crippen LogP contribution in [0.3, 0.4) is 0 Å². The van der Waals surface area contributed by atoms with E-state index in [0.717, 1.165) is 13.2 Å². The molecule has 0 N–H and O–H groups in total. The predicted octanol–water partition coefficient (Wildman–Crippen LogP) is 1.48. The highest BCUT2D eigenvalue weighted by Gasteiger charge is 2.01. The molecule has 0 amide bonds. The van der Waals surface area contributed by atoms with Gasteiger partial charge < -0.3 is 18.9 Å². The zero-order valence-corrected chi connectivity index (χ0v) is 10.2. The summed E-state index contributed by atoms with van der Waals surface area (Å²) in [6.07, 6.45) is 0.118. The van der Waals surface area contributed by atoms with Crippen molar-refractivity contribution in [2.24, 2.45) is 0 Å². The summed E-state index contributed by atoms with van der Waals surface area (Å²) in [5.41, 5.74) is 0. The molecule has 4 heteroatoms. The van der Waals surface area contributed by atoms with Gasteiger partial charge in [0.2, 0.25) is 0 Å². The summed E-state index contributed by atoms with van der Waals surface area (Å²) in [5.74, 6) is 0. The normalized spacial score (nSPS) is 13.0. The third kappa shape index (κ3) is 11.8. The Morgan fingerprint density at radius 3 is 1.93 bits per heavy atom. The molecule has 0 heterocycles. The van der Waals surface area contributed by atoms with Gasteiger partial charge in [-0.1, -0.05) is 0 Å². The smallest absolute Gasteiger partial charge is 0.0781 e. The number of ether oxygens (including phenoxy) is 4. The van der Waals surface area contributed by atoms with Gasteiger partial charge in [0.25, 0.3) is 0 Å². The molecular formula is C11H24O4. The van der Waals surface area contributed by atoms with Crippen molar-refractivity contribution in [2.45, 2.75) is 26.9 Å². The van der Waals surface area contributed by atoms with Crippen LogP contribution in [0.2, 0.25) is 0 Å². The molecule has 1 unspecified atom stereocenters. The van der Waals surface area contributed by atoms with Gasteiger partial charge in [-0.2, -0.15) is 0 Å². The Kier molecular flexibility index (Phi) is 11.8. The second-order valence-corrected chi connectivity index (χ2v) is 3.15. The maximum atomic E-state index is 5.46. The Morgan fingerprint density at radius 2 is 1.33 bits per heavy atom. The fourth-order valence-corrected chi connectivity index (χ4v) is 1.01. The highest BCUT2D eigenvalue weighted by atomic mass is 16.6. The molecule has 0 rings (SSSR count). The van der Waals surface area contributed by atoms with Gasteiger partial charge in [-0.25, -0.2) is 0 Å². The number of hydrogen-bond donors (Lipinski definition) is 0. The van der Waals surface area contributed by atoms with Crippen molar-refractivity contribution in [3.63, 3.8) is 0 Å². The molecule has 0 aliphatic rings. The molecule has 92 valence electrons. The molecule has 15 heavy (non-hydrogen) atoms. The van der Waals surface area contributed by atoms with Crippen molar-refractivity contribution in [1.82, 2.24) is 0 Å². The van der Waals surface area contributed by atoms with Crippen molar-refractivity contribution < 1.29 is 18.9 Å². The molecule has 0 saturated heterocycles. The Labute approximate surface area is 92.8 Å². The monoisotopic (exact) mass is 220 g/mol.